The molecule has 4 rings (SSSR count). The van der Waals surface area contributed by atoms with Gasteiger partial charge in [-0.05, 0) is 62.9 Å². The normalized spacial score (nSPS) is 19.3. The number of amides is 2. The van der Waals surface area contributed by atoms with Gasteiger partial charge in [-0.1, -0.05) is 17.7 Å². The van der Waals surface area contributed by atoms with E-state index >= 15 is 0 Å². The molecule has 0 aliphatic carbocycles. The van der Waals surface area contributed by atoms with Crippen LogP contribution in [-0.2, 0) is 13.0 Å². The Labute approximate surface area is 186 Å². The first-order valence-electron chi connectivity index (χ1n) is 10.8. The van der Waals surface area contributed by atoms with Gasteiger partial charge in [0.05, 0.1) is 23.3 Å². The van der Waals surface area contributed by atoms with Crippen molar-refractivity contribution < 1.29 is 9.18 Å². The van der Waals surface area contributed by atoms with Crippen LogP contribution in [0.1, 0.15) is 49.6 Å². The molecule has 2 aliphatic heterocycles. The molecule has 3 heterocycles. The van der Waals surface area contributed by atoms with Crippen LogP contribution in [0.15, 0.2) is 24.4 Å². The van der Waals surface area contributed by atoms with Crippen LogP contribution in [0.3, 0.4) is 0 Å². The average molecular weight is 447 g/mol. The molecule has 1 saturated heterocycles. The minimum Gasteiger partial charge on any atom is -0.352 e. The molecule has 7 nitrogen and oxygen atoms in total. The quantitative estimate of drug-likeness (QED) is 0.653. The summed E-state index contributed by atoms with van der Waals surface area (Å²) in [5.41, 5.74) is 2.62. The molecule has 2 amide bonds. The number of hydrogen-bond acceptors (Lipinski definition) is 5. The monoisotopic (exact) mass is 446 g/mol. The van der Waals surface area contributed by atoms with Crippen molar-refractivity contribution in [3.8, 4) is 0 Å². The zero-order chi connectivity index (χ0) is 22.0. The van der Waals surface area contributed by atoms with Crippen LogP contribution in [0.4, 0.5) is 15.1 Å². The number of nitrogens with zero attached hydrogens (tertiary/aromatic N) is 3. The van der Waals surface area contributed by atoms with E-state index in [9.17, 15) is 9.18 Å². The number of fused-ring (bicyclic) bond motifs is 1. The Morgan fingerprint density at radius 3 is 2.94 bits per heavy atom. The van der Waals surface area contributed by atoms with Gasteiger partial charge in [0.1, 0.15) is 5.82 Å². The van der Waals surface area contributed by atoms with E-state index in [-0.39, 0.29) is 29.2 Å². The minimum absolute atomic E-state index is 0.0470. The van der Waals surface area contributed by atoms with Crippen molar-refractivity contribution in [3.05, 3.63) is 52.1 Å². The van der Waals surface area contributed by atoms with Crippen molar-refractivity contribution >= 4 is 23.6 Å². The smallest absolute Gasteiger partial charge is 0.318 e. The second-order valence-electron chi connectivity index (χ2n) is 8.44. The Hall–Kier alpha value is -2.45. The summed E-state index contributed by atoms with van der Waals surface area (Å²) in [6, 6.07) is 4.47. The van der Waals surface area contributed by atoms with Gasteiger partial charge in [0, 0.05) is 24.8 Å². The van der Waals surface area contributed by atoms with E-state index in [1.807, 2.05) is 20.0 Å². The molecule has 1 fully saturated rings. The summed E-state index contributed by atoms with van der Waals surface area (Å²) in [5, 5.41) is 9.83. The fourth-order valence-electron chi connectivity index (χ4n) is 4.15. The van der Waals surface area contributed by atoms with Gasteiger partial charge in [-0.3, -0.25) is 0 Å². The van der Waals surface area contributed by atoms with Gasteiger partial charge in [0.25, 0.3) is 0 Å². The van der Waals surface area contributed by atoms with Crippen LogP contribution in [0.5, 0.6) is 0 Å². The molecule has 2 atom stereocenters. The van der Waals surface area contributed by atoms with Crippen molar-refractivity contribution in [2.75, 3.05) is 18.4 Å². The maximum absolute atomic E-state index is 14.1. The topological polar surface area (TPSA) is 82.2 Å². The number of anilines is 1. The number of rotatable bonds is 5. The highest BCUT2D eigenvalue weighted by Crippen LogP contribution is 2.27. The lowest BCUT2D eigenvalue weighted by atomic mass is 9.98. The van der Waals surface area contributed by atoms with E-state index in [4.69, 9.17) is 11.6 Å². The number of carbonyl (C=O) groups excluding carboxylic acids is 1. The van der Waals surface area contributed by atoms with Crippen molar-refractivity contribution in [1.29, 1.82) is 0 Å². The fraction of sp³-hybridized carbons (Fsp3) is 0.500. The van der Waals surface area contributed by atoms with E-state index < -0.39 is 5.82 Å². The molecule has 1 aromatic carbocycles. The number of hydrogen-bond donors (Lipinski definition) is 3. The lowest BCUT2D eigenvalue weighted by Crippen LogP contribution is -2.48. The van der Waals surface area contributed by atoms with Crippen LogP contribution >= 0.6 is 11.6 Å². The second-order valence-corrected chi connectivity index (χ2v) is 8.85. The van der Waals surface area contributed by atoms with Crippen molar-refractivity contribution in [2.24, 2.45) is 0 Å². The Morgan fingerprint density at radius 2 is 2.23 bits per heavy atom. The van der Waals surface area contributed by atoms with Gasteiger partial charge in [-0.15, -0.1) is 0 Å². The highest BCUT2D eigenvalue weighted by atomic mass is 35.5. The number of carbonyl (C=O) groups is 1. The maximum atomic E-state index is 14.1. The summed E-state index contributed by atoms with van der Waals surface area (Å²) in [4.78, 5) is 23.9. The van der Waals surface area contributed by atoms with E-state index in [0.717, 1.165) is 30.6 Å². The average Bonchev–Trinajstić information content (AvgIpc) is 3.27. The van der Waals surface area contributed by atoms with Gasteiger partial charge in [-0.2, -0.15) is 0 Å². The summed E-state index contributed by atoms with van der Waals surface area (Å²) in [6.45, 7) is 5.93. The Balaban J connectivity index is 1.50. The van der Waals surface area contributed by atoms with Gasteiger partial charge in [-0.25, -0.2) is 19.2 Å². The molecule has 2 unspecified atom stereocenters. The largest absolute Gasteiger partial charge is 0.352 e. The van der Waals surface area contributed by atoms with E-state index in [1.165, 1.54) is 12.1 Å². The SMILES string of the molecule is CC(C)Nc1ncc2c(n1)CN(C(=O)NC(c1ccc(Cl)c(F)c1)C1CCCN1)CC2. The predicted molar refractivity (Wildman–Crippen MR) is 119 cm³/mol. The van der Waals surface area contributed by atoms with Crippen LogP contribution in [0, 0.1) is 5.82 Å². The zero-order valence-corrected chi connectivity index (χ0v) is 18.5. The summed E-state index contributed by atoms with van der Waals surface area (Å²) in [7, 11) is 0. The molecular weight excluding hydrogens is 419 g/mol. The van der Waals surface area contributed by atoms with Gasteiger partial charge in [0.2, 0.25) is 5.95 Å². The Bertz CT molecular complexity index is 950. The first kappa shape index (κ1) is 21.8. The van der Waals surface area contributed by atoms with Crippen molar-refractivity contribution in [3.63, 3.8) is 0 Å². The lowest BCUT2D eigenvalue weighted by Gasteiger charge is -2.32. The first-order valence-corrected chi connectivity index (χ1v) is 11.1. The third-order valence-corrected chi connectivity index (χ3v) is 6.04. The minimum atomic E-state index is -0.481. The zero-order valence-electron chi connectivity index (χ0n) is 17.8. The number of aromatic nitrogens is 2. The molecule has 0 bridgehead atoms. The molecule has 3 N–H and O–H groups in total. The summed E-state index contributed by atoms with van der Waals surface area (Å²) in [5.74, 6) is 0.0888. The Morgan fingerprint density at radius 1 is 1.39 bits per heavy atom. The molecule has 0 saturated carbocycles. The van der Waals surface area contributed by atoms with Crippen molar-refractivity contribution in [2.45, 2.75) is 57.8 Å². The molecule has 0 spiro atoms. The predicted octanol–water partition coefficient (Wildman–Crippen LogP) is 3.65. The molecule has 9 heteroatoms. The van der Waals surface area contributed by atoms with Crippen LogP contribution < -0.4 is 16.0 Å². The maximum Gasteiger partial charge on any atom is 0.318 e. The third-order valence-electron chi connectivity index (χ3n) is 5.73. The molecule has 1 aromatic heterocycles. The Kier molecular flexibility index (Phi) is 6.57. The van der Waals surface area contributed by atoms with E-state index in [1.54, 1.807) is 11.0 Å². The molecule has 2 aromatic rings. The fourth-order valence-corrected chi connectivity index (χ4v) is 4.26. The molecule has 166 valence electrons. The van der Waals surface area contributed by atoms with Crippen LogP contribution in [0.2, 0.25) is 5.02 Å². The molecule has 31 heavy (non-hydrogen) atoms. The molecule has 2 aliphatic rings. The second kappa shape index (κ2) is 9.36. The standard InChI is InChI=1S/C22H28ClFN6O/c1-13(2)27-21-26-11-15-7-9-30(12-19(15)28-21)22(31)29-20(18-4-3-8-25-18)14-5-6-16(23)17(24)10-14/h5-6,10-11,13,18,20,25H,3-4,7-9,12H2,1-2H3,(H,29,31)(H,26,27,28). The summed E-state index contributed by atoms with van der Waals surface area (Å²) < 4.78 is 14.1. The number of urea groups is 1. The first-order chi connectivity index (χ1) is 14.9. The molecule has 0 radical (unpaired) electrons. The third kappa shape index (κ3) is 5.07. The highest BCUT2D eigenvalue weighted by Gasteiger charge is 2.31. The van der Waals surface area contributed by atoms with Crippen molar-refractivity contribution in [1.82, 2.24) is 25.5 Å². The van der Waals surface area contributed by atoms with Gasteiger partial charge < -0.3 is 20.9 Å². The van der Waals surface area contributed by atoms with Crippen LogP contribution in [0.25, 0.3) is 0 Å². The number of benzene rings is 1. The lowest BCUT2D eigenvalue weighted by molar-refractivity contribution is 0.184. The highest BCUT2D eigenvalue weighted by molar-refractivity contribution is 6.30. The van der Waals surface area contributed by atoms with Crippen LogP contribution in [-0.4, -0.2) is 46.1 Å². The van der Waals surface area contributed by atoms with E-state index in [2.05, 4.69) is 25.9 Å². The summed E-state index contributed by atoms with van der Waals surface area (Å²) >= 11 is 5.86. The number of nitrogens with one attached hydrogen (secondary N) is 3. The molecular formula is C22H28ClFN6O. The summed E-state index contributed by atoms with van der Waals surface area (Å²) in [6.07, 6.45) is 4.47. The van der Waals surface area contributed by atoms with E-state index in [0.29, 0.717) is 31.0 Å². The van der Waals surface area contributed by atoms with Gasteiger partial charge >= 0.3 is 6.03 Å². The van der Waals surface area contributed by atoms with Gasteiger partial charge in [0.15, 0.2) is 0 Å². The number of halogens is 2.